The number of hydrogen-bond acceptors (Lipinski definition) is 29. The maximum Gasteiger partial charge on any atom is 0.242 e. The van der Waals surface area contributed by atoms with Gasteiger partial charge in [-0.1, -0.05) is 38.5 Å². The fraction of sp³-hybridized carbons (Fsp3) is 0.862. The first-order valence-electron chi connectivity index (χ1n) is 35.6. The van der Waals surface area contributed by atoms with Gasteiger partial charge in [0.25, 0.3) is 0 Å². The first-order chi connectivity index (χ1) is 49.3. The molecule has 1 saturated carbocycles. The van der Waals surface area contributed by atoms with Gasteiger partial charge in [-0.25, -0.2) is 0 Å². The zero-order valence-electron chi connectivity index (χ0n) is 59.4. The fourth-order valence-electron chi connectivity index (χ4n) is 12.0. The Morgan fingerprint density at radius 1 is 0.398 bits per heavy atom. The molecule has 1 aliphatic carbocycles. The van der Waals surface area contributed by atoms with Crippen LogP contribution in [0.1, 0.15) is 130 Å². The van der Waals surface area contributed by atoms with Crippen LogP contribution < -0.4 is 47.9 Å². The van der Waals surface area contributed by atoms with Crippen molar-refractivity contribution in [3.63, 3.8) is 0 Å². The number of aliphatic hydroxyl groups excluding tert-OH is 10. The number of rotatable bonds is 51. The smallest absolute Gasteiger partial charge is 0.242 e. The van der Waals surface area contributed by atoms with E-state index in [0.717, 1.165) is 32.1 Å². The van der Waals surface area contributed by atoms with Crippen LogP contribution in [0.15, 0.2) is 0 Å². The predicted octanol–water partition coefficient (Wildman–Crippen LogP) is -7.26. The maximum absolute atomic E-state index is 13.8. The summed E-state index contributed by atoms with van der Waals surface area (Å²) in [6, 6.07) is -6.36. The minimum absolute atomic E-state index is 0.0203. The van der Waals surface area contributed by atoms with Crippen LogP contribution in [0.2, 0.25) is 0 Å². The van der Waals surface area contributed by atoms with Crippen molar-refractivity contribution in [2.45, 2.75) is 253 Å². The van der Waals surface area contributed by atoms with Gasteiger partial charge in [-0.2, -0.15) is 0 Å². The van der Waals surface area contributed by atoms with E-state index in [1.165, 1.54) is 20.8 Å². The van der Waals surface area contributed by atoms with E-state index < -0.39 is 184 Å². The Morgan fingerprint density at radius 2 is 0.748 bits per heavy atom. The monoisotopic (exact) mass is 1490 g/mol. The van der Waals surface area contributed by atoms with E-state index in [4.69, 9.17) is 47.4 Å². The van der Waals surface area contributed by atoms with Gasteiger partial charge in [-0.3, -0.25) is 43.2 Å². The summed E-state index contributed by atoms with van der Waals surface area (Å²) >= 11 is 0. The average molecular weight is 1490 g/mol. The average Bonchev–Trinajstić information content (AvgIpc) is 1.66. The van der Waals surface area contributed by atoms with Crippen molar-refractivity contribution in [3.8, 4) is 0 Å². The molecule has 4 aliphatic rings. The summed E-state index contributed by atoms with van der Waals surface area (Å²) in [5, 5.41) is 125. The van der Waals surface area contributed by atoms with E-state index in [1.54, 1.807) is 0 Å². The van der Waals surface area contributed by atoms with E-state index >= 15 is 0 Å². The van der Waals surface area contributed by atoms with Crippen molar-refractivity contribution < 1.29 is 142 Å². The number of nitrogens with one attached hydrogen (secondary N) is 9. The van der Waals surface area contributed by atoms with Gasteiger partial charge in [0.15, 0.2) is 18.9 Å². The number of aliphatic hydroxyl groups is 10. The molecule has 0 bridgehead atoms. The summed E-state index contributed by atoms with van der Waals surface area (Å²) in [6.07, 6.45) is -10.8. The van der Waals surface area contributed by atoms with Gasteiger partial charge in [0.05, 0.1) is 97.5 Å². The molecule has 0 aromatic rings. The largest absolute Gasteiger partial charge is 0.394 e. The van der Waals surface area contributed by atoms with Gasteiger partial charge in [0.2, 0.25) is 53.2 Å². The molecule has 9 amide bonds. The second kappa shape index (κ2) is 50.1. The molecule has 38 heteroatoms. The molecule has 3 aliphatic heterocycles. The van der Waals surface area contributed by atoms with Crippen molar-refractivity contribution in [2.24, 2.45) is 0 Å². The van der Waals surface area contributed by atoms with Crippen LogP contribution in [0.3, 0.4) is 0 Å². The number of amides is 9. The normalized spacial score (nSPS) is 28.3. The molecule has 0 aromatic heterocycles. The molecular formula is C65H115N9O29. The van der Waals surface area contributed by atoms with E-state index in [2.05, 4.69) is 47.9 Å². The maximum atomic E-state index is 13.8. The molecule has 103 heavy (non-hydrogen) atoms. The third-order valence-electron chi connectivity index (χ3n) is 17.3. The van der Waals surface area contributed by atoms with Crippen LogP contribution >= 0.6 is 0 Å². The number of hydrogen-bond donors (Lipinski definition) is 19. The Morgan fingerprint density at radius 3 is 1.12 bits per heavy atom. The van der Waals surface area contributed by atoms with E-state index in [-0.39, 0.29) is 123 Å². The topological polar surface area (TPSA) is 556 Å². The van der Waals surface area contributed by atoms with E-state index in [9.17, 15) is 94.2 Å². The van der Waals surface area contributed by atoms with Crippen LogP contribution in [0.5, 0.6) is 0 Å². The summed E-state index contributed by atoms with van der Waals surface area (Å²) < 4.78 is 56.1. The lowest BCUT2D eigenvalue weighted by Gasteiger charge is -2.42. The third-order valence-corrected chi connectivity index (χ3v) is 17.3. The van der Waals surface area contributed by atoms with Crippen LogP contribution in [0.25, 0.3) is 0 Å². The fourth-order valence-corrected chi connectivity index (χ4v) is 12.0. The summed E-state index contributed by atoms with van der Waals surface area (Å²) in [5.41, 5.74) is 0. The number of carbonyl (C=O) groups excluding carboxylic acids is 9. The molecule has 3 heterocycles. The quantitative estimate of drug-likeness (QED) is 0.0252. The molecule has 0 spiro atoms. The van der Waals surface area contributed by atoms with E-state index in [0.29, 0.717) is 45.1 Å². The molecule has 16 unspecified atom stereocenters. The van der Waals surface area contributed by atoms with Gasteiger partial charge >= 0.3 is 0 Å². The SMILES string of the molecule is CCO[C@@H]1C[C@@H](O)C[C@@H]1NC(=O)CCCCCCCCCCC(=O)NC(CCC(=O)NC(CCC(=O)NCCOCCOC1OC(CO)C(O)C(O)C1NC(C)=O)C(=O)NCCOCCOC1O[C@H](CO)C(O)C(O)C1NC(C)=O)C(=O)NCCOCCOC1OC(CO)C(O)C(O)C1NC(C)=O. The first kappa shape index (κ1) is 89.8. The standard InChI is InChI=1S/C65H115N9O29/c1-5-97-44-33-40(81)32-43(44)74-50(84)15-13-11-9-7-6-8-10-12-14-49(83)72-42(62(93)68-22-25-96-28-31-100-65-54(71-39(4)80)60(91)57(88)47(36-77)103-65)17-19-51(85)73-41(61(92)67-21-24-95-27-30-99-64-53(70-38(3)79)59(90)56(87)46(35-76)102-64)16-18-48(82)66-20-23-94-26-29-98-63-52(69-37(2)78)58(89)55(86)45(34-75)101-63/h40-47,52-60,63-65,75-77,81,86-91H,5-36H2,1-4H3,(H,66,82)(H,67,92)(H,68,93)(H,69,78)(H,70,79)(H,71,80)(H,72,83)(H,73,85)(H,74,84)/t40-,41?,42?,43-,44+,45?,46+,47?,52?,53?,54?,55?,56?,57?,58?,59?,60?,63?,64?,65?/m0/s1. The van der Waals surface area contributed by atoms with Crippen LogP contribution in [-0.4, -0.2) is 332 Å². The Hall–Kier alpha value is -5.57. The number of ether oxygens (including phenoxy) is 10. The van der Waals surface area contributed by atoms with Crippen LogP contribution in [0.4, 0.5) is 0 Å². The van der Waals surface area contributed by atoms with Crippen molar-refractivity contribution in [3.05, 3.63) is 0 Å². The van der Waals surface area contributed by atoms with Crippen molar-refractivity contribution in [2.75, 3.05) is 106 Å². The first-order valence-corrected chi connectivity index (χ1v) is 35.6. The van der Waals surface area contributed by atoms with Gasteiger partial charge in [-0.05, 0) is 39.0 Å². The highest BCUT2D eigenvalue weighted by Crippen LogP contribution is 2.26. The van der Waals surface area contributed by atoms with Crippen LogP contribution in [0, 0.1) is 0 Å². The zero-order valence-corrected chi connectivity index (χ0v) is 59.4. The molecule has 38 nitrogen and oxygen atoms in total. The second-order valence-corrected chi connectivity index (χ2v) is 25.6. The lowest BCUT2D eigenvalue weighted by atomic mass is 9.97. The number of carbonyl (C=O) groups is 9. The molecule has 4 fully saturated rings. The molecule has 0 radical (unpaired) electrons. The summed E-state index contributed by atoms with van der Waals surface area (Å²) in [6.45, 7) is 2.82. The van der Waals surface area contributed by atoms with Crippen molar-refractivity contribution in [1.82, 2.24) is 47.9 Å². The highest BCUT2D eigenvalue weighted by molar-refractivity contribution is 5.90. The highest BCUT2D eigenvalue weighted by atomic mass is 16.7. The van der Waals surface area contributed by atoms with Gasteiger partial charge in [0.1, 0.15) is 85.1 Å². The Bertz CT molecular complexity index is 2520. The van der Waals surface area contributed by atoms with Gasteiger partial charge in [-0.15, -0.1) is 0 Å². The van der Waals surface area contributed by atoms with Crippen LogP contribution in [-0.2, 0) is 90.5 Å². The van der Waals surface area contributed by atoms with Gasteiger partial charge < -0.3 is 146 Å². The molecule has 3 saturated heterocycles. The Balaban J connectivity index is 1.33. The second-order valence-electron chi connectivity index (χ2n) is 25.6. The summed E-state index contributed by atoms with van der Waals surface area (Å²) in [5.74, 6) is -4.86. The highest BCUT2D eigenvalue weighted by Gasteiger charge is 2.48. The lowest BCUT2D eigenvalue weighted by Crippen LogP contribution is -2.64. The van der Waals surface area contributed by atoms with Crippen molar-refractivity contribution in [1.29, 1.82) is 0 Å². The predicted molar refractivity (Wildman–Crippen MR) is 357 cm³/mol. The summed E-state index contributed by atoms with van der Waals surface area (Å²) in [4.78, 5) is 116. The Labute approximate surface area is 599 Å². The molecule has 0 aromatic carbocycles. The molecular weight excluding hydrogens is 1370 g/mol. The zero-order chi connectivity index (χ0) is 75.8. The lowest BCUT2D eigenvalue weighted by molar-refractivity contribution is -0.272. The molecule has 20 atom stereocenters. The molecule has 19 N–H and O–H groups in total. The third kappa shape index (κ3) is 33.4. The minimum Gasteiger partial charge on any atom is -0.394 e. The summed E-state index contributed by atoms with van der Waals surface area (Å²) in [7, 11) is 0. The molecule has 594 valence electrons. The number of unbranched alkanes of at least 4 members (excludes halogenated alkanes) is 7. The minimum atomic E-state index is -1.54. The van der Waals surface area contributed by atoms with Crippen molar-refractivity contribution >= 4 is 53.2 Å². The van der Waals surface area contributed by atoms with Gasteiger partial charge in [0, 0.05) is 79.1 Å². The molecule has 4 rings (SSSR count). The van der Waals surface area contributed by atoms with E-state index in [1.807, 2.05) is 6.92 Å². The Kier molecular flexibility index (Phi) is 43.7.